The zero-order valence-corrected chi connectivity index (χ0v) is 15.0. The number of rotatable bonds is 6. The number of nitrogens with zero attached hydrogens (tertiary/aromatic N) is 4. The van der Waals surface area contributed by atoms with E-state index in [1.54, 1.807) is 31.0 Å². The lowest BCUT2D eigenvalue weighted by molar-refractivity contribution is 0.0952. The van der Waals surface area contributed by atoms with Gasteiger partial charge in [0.05, 0.1) is 24.3 Å². The van der Waals surface area contributed by atoms with Crippen molar-refractivity contribution in [3.8, 4) is 5.88 Å². The Morgan fingerprint density at radius 2 is 2.12 bits per heavy atom. The molecule has 0 fully saturated rings. The number of carbonyl (C=O) groups is 1. The number of hydrogen-bond acceptors (Lipinski definition) is 5. The number of nitrogens with one attached hydrogen (secondary N) is 1. The van der Waals surface area contributed by atoms with Crippen molar-refractivity contribution in [1.29, 1.82) is 0 Å². The first kappa shape index (κ1) is 17.7. The summed E-state index contributed by atoms with van der Waals surface area (Å²) in [4.78, 5) is 28.5. The van der Waals surface area contributed by atoms with Gasteiger partial charge in [-0.15, -0.1) is 0 Å². The van der Waals surface area contributed by atoms with E-state index in [4.69, 9.17) is 4.74 Å². The molecule has 136 valence electrons. The number of aryl methyl sites for hydroxylation is 2. The second kappa shape index (κ2) is 7.38. The van der Waals surface area contributed by atoms with Gasteiger partial charge in [0, 0.05) is 37.5 Å². The molecule has 0 saturated heterocycles. The van der Waals surface area contributed by atoms with Crippen LogP contribution in [0.5, 0.6) is 5.88 Å². The predicted octanol–water partition coefficient (Wildman–Crippen LogP) is 1.13. The van der Waals surface area contributed by atoms with E-state index in [9.17, 15) is 9.59 Å². The van der Waals surface area contributed by atoms with Gasteiger partial charge in [-0.2, -0.15) is 5.10 Å². The van der Waals surface area contributed by atoms with Crippen molar-refractivity contribution in [1.82, 2.24) is 24.6 Å². The molecule has 0 spiro atoms. The lowest BCUT2D eigenvalue weighted by atomic mass is 10.1. The van der Waals surface area contributed by atoms with Crippen molar-refractivity contribution < 1.29 is 9.53 Å². The Morgan fingerprint density at radius 3 is 2.81 bits per heavy atom. The summed E-state index contributed by atoms with van der Waals surface area (Å²) in [6.07, 6.45) is 2.23. The third-order valence-electron chi connectivity index (χ3n) is 4.17. The molecular weight excluding hydrogens is 334 g/mol. The van der Waals surface area contributed by atoms with Crippen molar-refractivity contribution in [3.63, 3.8) is 0 Å². The maximum atomic E-state index is 12.3. The molecule has 8 nitrogen and oxygen atoms in total. The van der Waals surface area contributed by atoms with Crippen molar-refractivity contribution in [2.45, 2.75) is 19.9 Å². The third-order valence-corrected chi connectivity index (χ3v) is 4.17. The first-order valence-corrected chi connectivity index (χ1v) is 8.37. The monoisotopic (exact) mass is 355 g/mol. The molecule has 0 bridgehead atoms. The zero-order chi connectivity index (χ0) is 18.7. The second-order valence-corrected chi connectivity index (χ2v) is 5.89. The van der Waals surface area contributed by atoms with Crippen LogP contribution in [0, 0.1) is 0 Å². The summed E-state index contributed by atoms with van der Waals surface area (Å²) in [6, 6.07) is 6.78. The van der Waals surface area contributed by atoms with Crippen LogP contribution in [-0.2, 0) is 20.0 Å². The topological polar surface area (TPSA) is 91.0 Å². The van der Waals surface area contributed by atoms with Gasteiger partial charge in [-0.25, -0.2) is 9.67 Å². The van der Waals surface area contributed by atoms with E-state index in [0.29, 0.717) is 36.5 Å². The number of benzene rings is 1. The zero-order valence-electron chi connectivity index (χ0n) is 15.0. The first-order chi connectivity index (χ1) is 12.5. The van der Waals surface area contributed by atoms with Crippen molar-refractivity contribution in [3.05, 3.63) is 52.2 Å². The van der Waals surface area contributed by atoms with E-state index in [-0.39, 0.29) is 11.5 Å². The van der Waals surface area contributed by atoms with E-state index in [1.807, 2.05) is 13.0 Å². The van der Waals surface area contributed by atoms with Gasteiger partial charge in [0.25, 0.3) is 11.5 Å². The summed E-state index contributed by atoms with van der Waals surface area (Å²) in [5, 5.41) is 8.00. The average molecular weight is 355 g/mol. The number of aromatic nitrogens is 4. The number of hydrogen-bond donors (Lipinski definition) is 1. The minimum Gasteiger partial charge on any atom is -0.481 e. The fourth-order valence-corrected chi connectivity index (χ4v) is 2.78. The second-order valence-electron chi connectivity index (χ2n) is 5.89. The van der Waals surface area contributed by atoms with Crippen LogP contribution in [0.2, 0.25) is 0 Å². The molecule has 0 radical (unpaired) electrons. The summed E-state index contributed by atoms with van der Waals surface area (Å²) >= 11 is 0. The molecule has 0 aliphatic heterocycles. The van der Waals surface area contributed by atoms with Gasteiger partial charge >= 0.3 is 0 Å². The Bertz CT molecular complexity index is 1010. The van der Waals surface area contributed by atoms with E-state index in [0.717, 1.165) is 11.1 Å². The van der Waals surface area contributed by atoms with E-state index in [2.05, 4.69) is 15.4 Å². The highest BCUT2D eigenvalue weighted by Crippen LogP contribution is 2.25. The molecule has 0 unspecified atom stereocenters. The minimum atomic E-state index is -0.220. The minimum absolute atomic E-state index is 0.118. The van der Waals surface area contributed by atoms with Gasteiger partial charge in [0.15, 0.2) is 0 Å². The Hall–Kier alpha value is -3.16. The molecule has 0 aliphatic rings. The highest BCUT2D eigenvalue weighted by Gasteiger charge is 2.12. The highest BCUT2D eigenvalue weighted by atomic mass is 16.5. The quantitative estimate of drug-likeness (QED) is 0.716. The molecule has 2 aromatic heterocycles. The normalized spacial score (nSPS) is 10.9. The van der Waals surface area contributed by atoms with Gasteiger partial charge in [-0.1, -0.05) is 6.92 Å². The van der Waals surface area contributed by atoms with Crippen LogP contribution in [-0.4, -0.2) is 38.9 Å². The Morgan fingerprint density at radius 1 is 1.31 bits per heavy atom. The molecule has 8 heteroatoms. The lowest BCUT2D eigenvalue weighted by Gasteiger charge is -2.08. The number of fused-ring (bicyclic) bond motifs is 1. The number of ether oxygens (including phenoxy) is 1. The largest absolute Gasteiger partial charge is 0.481 e. The van der Waals surface area contributed by atoms with Crippen LogP contribution < -0.4 is 15.6 Å². The van der Waals surface area contributed by atoms with E-state index in [1.165, 1.54) is 17.0 Å². The van der Waals surface area contributed by atoms with Crippen LogP contribution in [0.15, 0.2) is 35.4 Å². The van der Waals surface area contributed by atoms with Crippen LogP contribution >= 0.6 is 0 Å². The van der Waals surface area contributed by atoms with Crippen LogP contribution in [0.3, 0.4) is 0 Å². The van der Waals surface area contributed by atoms with Gasteiger partial charge in [0.1, 0.15) is 0 Å². The third kappa shape index (κ3) is 3.44. The summed E-state index contributed by atoms with van der Waals surface area (Å²) in [7, 11) is 3.37. The van der Waals surface area contributed by atoms with E-state index >= 15 is 0 Å². The molecule has 0 aliphatic carbocycles. The summed E-state index contributed by atoms with van der Waals surface area (Å²) in [5.41, 5.74) is 1.83. The molecule has 2 heterocycles. The van der Waals surface area contributed by atoms with E-state index < -0.39 is 0 Å². The Labute approximate surface area is 150 Å². The number of methoxy groups -OCH3 is 1. The van der Waals surface area contributed by atoms with Gasteiger partial charge in [0.2, 0.25) is 5.88 Å². The predicted molar refractivity (Wildman–Crippen MR) is 97.5 cm³/mol. The molecule has 0 atom stereocenters. The Balaban J connectivity index is 1.67. The van der Waals surface area contributed by atoms with Crippen molar-refractivity contribution in [2.75, 3.05) is 13.7 Å². The lowest BCUT2D eigenvalue weighted by Crippen LogP contribution is -2.31. The molecular formula is C18H21N5O3. The maximum absolute atomic E-state index is 12.3. The maximum Gasteiger partial charge on any atom is 0.253 e. The first-order valence-electron chi connectivity index (χ1n) is 8.37. The van der Waals surface area contributed by atoms with Gasteiger partial charge in [-0.3, -0.25) is 14.2 Å². The van der Waals surface area contributed by atoms with Crippen LogP contribution in [0.4, 0.5) is 0 Å². The molecule has 3 rings (SSSR count). The molecule has 1 aromatic carbocycles. The molecule has 1 N–H and O–H groups in total. The van der Waals surface area contributed by atoms with Crippen LogP contribution in [0.1, 0.15) is 23.0 Å². The van der Waals surface area contributed by atoms with Crippen LogP contribution in [0.25, 0.3) is 10.9 Å². The number of carbonyl (C=O) groups excluding carboxylic acids is 1. The standard InChI is InChI=1S/C18H21N5O3/c1-4-13-10-16(24)23(11-20-13)8-7-19-17(25)12-5-6-14-15(9-12)21-22(2)18(14)26-3/h5-6,9-11H,4,7-8H2,1-3H3,(H,19,25). The molecule has 26 heavy (non-hydrogen) atoms. The number of amides is 1. The van der Waals surface area contributed by atoms with Crippen molar-refractivity contribution in [2.24, 2.45) is 7.05 Å². The molecule has 1 amide bonds. The smallest absolute Gasteiger partial charge is 0.253 e. The molecule has 3 aromatic rings. The fraction of sp³-hybridized carbons (Fsp3) is 0.333. The SMILES string of the molecule is CCc1cc(=O)n(CCNC(=O)c2ccc3c(OC)n(C)nc3c2)cn1. The summed E-state index contributed by atoms with van der Waals surface area (Å²) in [5.74, 6) is 0.428. The average Bonchev–Trinajstić information content (AvgIpc) is 2.96. The van der Waals surface area contributed by atoms with Gasteiger partial charge < -0.3 is 10.1 Å². The highest BCUT2D eigenvalue weighted by molar-refractivity contribution is 5.98. The summed E-state index contributed by atoms with van der Waals surface area (Å²) < 4.78 is 8.41. The molecule has 0 saturated carbocycles. The fourth-order valence-electron chi connectivity index (χ4n) is 2.78. The van der Waals surface area contributed by atoms with Crippen molar-refractivity contribution >= 4 is 16.8 Å². The Kier molecular flexibility index (Phi) is 5.01. The summed E-state index contributed by atoms with van der Waals surface area (Å²) in [6.45, 7) is 2.64. The van der Waals surface area contributed by atoms with Gasteiger partial charge in [-0.05, 0) is 24.6 Å².